The summed E-state index contributed by atoms with van der Waals surface area (Å²) in [5.41, 5.74) is 7.68. The summed E-state index contributed by atoms with van der Waals surface area (Å²) in [6.45, 7) is 4.61. The third kappa shape index (κ3) is 3.72. The Bertz CT molecular complexity index is 571. The number of fused-ring (bicyclic) bond motifs is 2. The Morgan fingerprint density at radius 2 is 1.72 bits per heavy atom. The van der Waals surface area contributed by atoms with E-state index in [4.69, 9.17) is 5.73 Å². The lowest BCUT2D eigenvalue weighted by Crippen LogP contribution is -2.53. The maximum Gasteiger partial charge on any atom is 0.225 e. The molecule has 5 heteroatoms. The molecular formula is C20H30N4O. The molecule has 1 saturated heterocycles. The molecule has 2 atom stereocenters. The van der Waals surface area contributed by atoms with Gasteiger partial charge in [0.1, 0.15) is 0 Å². The van der Waals surface area contributed by atoms with Crippen LogP contribution in [0.2, 0.25) is 0 Å². The van der Waals surface area contributed by atoms with E-state index >= 15 is 0 Å². The van der Waals surface area contributed by atoms with Crippen molar-refractivity contribution in [3.63, 3.8) is 0 Å². The molecule has 0 aromatic carbocycles. The number of carbonyl (C=O) groups is 1. The van der Waals surface area contributed by atoms with Gasteiger partial charge in [-0.05, 0) is 55.2 Å². The van der Waals surface area contributed by atoms with Gasteiger partial charge in [0.05, 0.1) is 0 Å². The van der Waals surface area contributed by atoms with Gasteiger partial charge in [-0.3, -0.25) is 14.7 Å². The molecule has 2 bridgehead atoms. The summed E-state index contributed by atoms with van der Waals surface area (Å²) < 4.78 is 0. The largest absolute Gasteiger partial charge is 0.340 e. The van der Waals surface area contributed by atoms with Crippen LogP contribution in [0.3, 0.4) is 0 Å². The van der Waals surface area contributed by atoms with Crippen LogP contribution in [0.5, 0.6) is 0 Å². The second-order valence-electron chi connectivity index (χ2n) is 8.15. The minimum Gasteiger partial charge on any atom is -0.340 e. The van der Waals surface area contributed by atoms with Crippen LogP contribution in [0.25, 0.3) is 0 Å². The lowest BCUT2D eigenvalue weighted by Gasteiger charge is -2.45. The molecule has 3 aliphatic rings. The quantitative estimate of drug-likeness (QED) is 0.911. The summed E-state index contributed by atoms with van der Waals surface area (Å²) in [7, 11) is 0. The van der Waals surface area contributed by atoms with Gasteiger partial charge in [0.15, 0.2) is 0 Å². The van der Waals surface area contributed by atoms with Gasteiger partial charge in [-0.25, -0.2) is 0 Å². The summed E-state index contributed by atoms with van der Waals surface area (Å²) in [5, 5.41) is 0. The first-order valence-corrected chi connectivity index (χ1v) is 9.86. The first kappa shape index (κ1) is 17.0. The van der Waals surface area contributed by atoms with E-state index in [0.717, 1.165) is 45.6 Å². The molecule has 1 aromatic heterocycles. The van der Waals surface area contributed by atoms with Gasteiger partial charge < -0.3 is 10.6 Å². The van der Waals surface area contributed by atoms with Gasteiger partial charge in [-0.1, -0.05) is 6.42 Å². The van der Waals surface area contributed by atoms with Crippen LogP contribution in [-0.2, 0) is 11.3 Å². The number of rotatable bonds is 3. The number of amides is 1. The molecule has 4 rings (SSSR count). The summed E-state index contributed by atoms with van der Waals surface area (Å²) >= 11 is 0. The van der Waals surface area contributed by atoms with Crippen molar-refractivity contribution in [2.75, 3.05) is 26.2 Å². The zero-order valence-electron chi connectivity index (χ0n) is 15.0. The monoisotopic (exact) mass is 342 g/mol. The number of pyridine rings is 1. The zero-order valence-corrected chi connectivity index (χ0v) is 15.0. The van der Waals surface area contributed by atoms with E-state index in [1.165, 1.54) is 24.8 Å². The Morgan fingerprint density at radius 1 is 1.08 bits per heavy atom. The van der Waals surface area contributed by atoms with Crippen molar-refractivity contribution in [2.45, 2.75) is 44.7 Å². The molecule has 25 heavy (non-hydrogen) atoms. The lowest BCUT2D eigenvalue weighted by molar-refractivity contribution is -0.140. The highest BCUT2D eigenvalue weighted by Crippen LogP contribution is 2.42. The van der Waals surface area contributed by atoms with E-state index in [1.54, 1.807) is 0 Å². The Morgan fingerprint density at radius 3 is 2.36 bits per heavy atom. The molecule has 1 amide bonds. The molecule has 5 nitrogen and oxygen atoms in total. The van der Waals surface area contributed by atoms with Crippen molar-refractivity contribution in [1.29, 1.82) is 0 Å². The molecule has 3 fully saturated rings. The molecule has 2 N–H and O–H groups in total. The van der Waals surface area contributed by atoms with Crippen LogP contribution >= 0.6 is 0 Å². The van der Waals surface area contributed by atoms with Crippen molar-refractivity contribution in [2.24, 2.45) is 23.5 Å². The molecule has 0 spiro atoms. The average Bonchev–Trinajstić information content (AvgIpc) is 2.62. The first-order valence-electron chi connectivity index (χ1n) is 9.86. The molecule has 2 saturated carbocycles. The topological polar surface area (TPSA) is 62.5 Å². The van der Waals surface area contributed by atoms with Crippen molar-refractivity contribution in [3.8, 4) is 0 Å². The van der Waals surface area contributed by atoms with Gasteiger partial charge in [-0.15, -0.1) is 0 Å². The van der Waals surface area contributed by atoms with Gasteiger partial charge >= 0.3 is 0 Å². The predicted molar refractivity (Wildman–Crippen MR) is 97.6 cm³/mol. The molecule has 0 radical (unpaired) electrons. The Hall–Kier alpha value is -1.46. The van der Waals surface area contributed by atoms with E-state index < -0.39 is 0 Å². The number of nitrogens with two attached hydrogens (primary N) is 1. The average molecular weight is 342 g/mol. The van der Waals surface area contributed by atoms with E-state index in [2.05, 4.69) is 26.9 Å². The van der Waals surface area contributed by atoms with E-state index in [0.29, 0.717) is 23.8 Å². The van der Waals surface area contributed by atoms with Crippen molar-refractivity contribution >= 4 is 5.91 Å². The highest BCUT2D eigenvalue weighted by atomic mass is 16.2. The summed E-state index contributed by atoms with van der Waals surface area (Å²) in [6.07, 6.45) is 9.49. The second-order valence-corrected chi connectivity index (χ2v) is 8.15. The molecule has 2 heterocycles. The summed E-state index contributed by atoms with van der Waals surface area (Å²) in [4.78, 5) is 21.6. The maximum absolute atomic E-state index is 13.0. The third-order valence-electron chi connectivity index (χ3n) is 6.60. The van der Waals surface area contributed by atoms with Gasteiger partial charge in [0.2, 0.25) is 5.91 Å². The number of hydrogen-bond acceptors (Lipinski definition) is 4. The van der Waals surface area contributed by atoms with E-state index in [9.17, 15) is 4.79 Å². The van der Waals surface area contributed by atoms with E-state index in [-0.39, 0.29) is 5.92 Å². The number of hydrogen-bond donors (Lipinski definition) is 1. The highest BCUT2D eigenvalue weighted by Gasteiger charge is 2.41. The molecule has 2 aliphatic carbocycles. The van der Waals surface area contributed by atoms with Crippen LogP contribution in [0.1, 0.15) is 37.7 Å². The Kier molecular flexibility index (Phi) is 5.04. The van der Waals surface area contributed by atoms with Crippen LogP contribution in [-0.4, -0.2) is 52.9 Å². The maximum atomic E-state index is 13.0. The molecule has 1 aromatic rings. The second kappa shape index (κ2) is 7.42. The highest BCUT2D eigenvalue weighted by molar-refractivity contribution is 5.79. The van der Waals surface area contributed by atoms with Crippen molar-refractivity contribution in [3.05, 3.63) is 30.1 Å². The van der Waals surface area contributed by atoms with Gasteiger partial charge in [0, 0.05) is 57.1 Å². The first-order chi connectivity index (χ1) is 12.2. The van der Waals surface area contributed by atoms with Crippen LogP contribution in [0.4, 0.5) is 0 Å². The van der Waals surface area contributed by atoms with E-state index in [1.807, 2.05) is 12.4 Å². The molecule has 1 aliphatic heterocycles. The summed E-state index contributed by atoms with van der Waals surface area (Å²) in [6, 6.07) is 4.48. The number of piperazine rings is 1. The van der Waals surface area contributed by atoms with Gasteiger partial charge in [-0.2, -0.15) is 0 Å². The smallest absolute Gasteiger partial charge is 0.225 e. The van der Waals surface area contributed by atoms with Crippen molar-refractivity contribution < 1.29 is 4.79 Å². The fourth-order valence-electron chi connectivity index (χ4n) is 5.12. The summed E-state index contributed by atoms with van der Waals surface area (Å²) in [5.74, 6) is 1.78. The number of carbonyl (C=O) groups excluding carboxylic acids is 1. The molecule has 136 valence electrons. The van der Waals surface area contributed by atoms with Crippen LogP contribution in [0.15, 0.2) is 24.5 Å². The van der Waals surface area contributed by atoms with Gasteiger partial charge in [0.25, 0.3) is 0 Å². The number of nitrogens with zero attached hydrogens (tertiary/aromatic N) is 3. The molecule has 2 unspecified atom stereocenters. The van der Waals surface area contributed by atoms with Crippen LogP contribution < -0.4 is 5.73 Å². The predicted octanol–water partition coefficient (Wildman–Crippen LogP) is 1.88. The zero-order chi connectivity index (χ0) is 17.2. The van der Waals surface area contributed by atoms with Crippen LogP contribution in [0, 0.1) is 17.8 Å². The fourth-order valence-corrected chi connectivity index (χ4v) is 5.12. The number of aromatic nitrogens is 1. The lowest BCUT2D eigenvalue weighted by atomic mass is 9.65. The van der Waals surface area contributed by atoms with Crippen molar-refractivity contribution in [1.82, 2.24) is 14.8 Å². The molecular weight excluding hydrogens is 312 g/mol. The minimum atomic E-state index is 0.224. The normalized spacial score (nSPS) is 33.2. The standard InChI is InChI=1S/C20H30N4O/c21-19-16-2-1-3-17(19)13-18(12-16)20(25)24-10-8-23(9-11-24)14-15-4-6-22-7-5-15/h4-7,16-19H,1-3,8-14,21H2. The Labute approximate surface area is 150 Å². The Balaban J connectivity index is 1.29. The fraction of sp³-hybridized carbons (Fsp3) is 0.700. The minimum absolute atomic E-state index is 0.224. The third-order valence-corrected chi connectivity index (χ3v) is 6.60. The SMILES string of the molecule is NC1C2CCCC1CC(C(=O)N1CCN(Cc3ccncc3)CC1)C2.